The summed E-state index contributed by atoms with van der Waals surface area (Å²) in [5, 5.41) is 21.7. The van der Waals surface area contributed by atoms with Crippen LogP contribution in [0.3, 0.4) is 0 Å². The molecule has 0 aliphatic heterocycles. The van der Waals surface area contributed by atoms with Gasteiger partial charge in [-0.25, -0.2) is 0 Å². The summed E-state index contributed by atoms with van der Waals surface area (Å²) in [6.07, 6.45) is 0. The quantitative estimate of drug-likeness (QED) is 0.482. The Balaban J connectivity index is 1.63. The predicted molar refractivity (Wildman–Crippen MR) is 98.1 cm³/mol. The molecule has 0 radical (unpaired) electrons. The van der Waals surface area contributed by atoms with Gasteiger partial charge in [0.1, 0.15) is 6.54 Å². The molecule has 3 heterocycles. The molecule has 0 aliphatic carbocycles. The van der Waals surface area contributed by atoms with Gasteiger partial charge in [0.25, 0.3) is 5.56 Å². The fourth-order valence-electron chi connectivity index (χ4n) is 3.13. The maximum Gasteiger partial charge on any atom is 0.262 e. The minimum atomic E-state index is -0.109. The molecule has 132 valence electrons. The standard InChI is InChI=1S/C18H14N8O/c1-24-17(27)13-9-5-6-10-14(13)26-15(19-21-18(24)26)11-25-22-16(20-23-25)12-7-3-2-4-8-12/h2-10H,11H2,1H3. The highest BCUT2D eigenvalue weighted by molar-refractivity contribution is 5.80. The first kappa shape index (κ1) is 15.4. The Morgan fingerprint density at radius 3 is 2.56 bits per heavy atom. The highest BCUT2D eigenvalue weighted by atomic mass is 16.1. The Morgan fingerprint density at radius 2 is 1.70 bits per heavy atom. The number of nitrogens with zero attached hydrogens (tertiary/aromatic N) is 8. The summed E-state index contributed by atoms with van der Waals surface area (Å²) in [5.41, 5.74) is 1.53. The zero-order valence-electron chi connectivity index (χ0n) is 14.4. The summed E-state index contributed by atoms with van der Waals surface area (Å²) in [7, 11) is 1.68. The first-order valence-corrected chi connectivity index (χ1v) is 8.37. The molecule has 9 heteroatoms. The van der Waals surface area contributed by atoms with Crippen molar-refractivity contribution in [3.8, 4) is 11.4 Å². The molecular formula is C18H14N8O. The Kier molecular flexibility index (Phi) is 3.32. The van der Waals surface area contributed by atoms with Gasteiger partial charge in [0.2, 0.25) is 11.6 Å². The van der Waals surface area contributed by atoms with E-state index < -0.39 is 0 Å². The van der Waals surface area contributed by atoms with Crippen LogP contribution < -0.4 is 5.56 Å². The monoisotopic (exact) mass is 358 g/mol. The number of hydrogen-bond acceptors (Lipinski definition) is 6. The number of aryl methyl sites for hydroxylation is 1. The summed E-state index contributed by atoms with van der Waals surface area (Å²) < 4.78 is 3.34. The van der Waals surface area contributed by atoms with Crippen LogP contribution in [0.5, 0.6) is 0 Å². The molecule has 0 unspecified atom stereocenters. The number of tetrazole rings is 1. The third-order valence-electron chi connectivity index (χ3n) is 4.46. The van der Waals surface area contributed by atoms with Gasteiger partial charge in [-0.3, -0.25) is 13.8 Å². The van der Waals surface area contributed by atoms with Crippen molar-refractivity contribution in [3.05, 3.63) is 70.8 Å². The number of hydrogen-bond donors (Lipinski definition) is 0. The molecule has 0 N–H and O–H groups in total. The second kappa shape index (κ2) is 5.84. The van der Waals surface area contributed by atoms with E-state index in [0.717, 1.165) is 11.1 Å². The molecule has 27 heavy (non-hydrogen) atoms. The third-order valence-corrected chi connectivity index (χ3v) is 4.46. The van der Waals surface area contributed by atoms with Crippen LogP contribution in [0.4, 0.5) is 0 Å². The Labute approximate surface area is 152 Å². The van der Waals surface area contributed by atoms with Crippen molar-refractivity contribution in [2.45, 2.75) is 6.54 Å². The van der Waals surface area contributed by atoms with Gasteiger partial charge in [0.05, 0.1) is 10.9 Å². The first-order chi connectivity index (χ1) is 13.2. The summed E-state index contributed by atoms with van der Waals surface area (Å²) in [4.78, 5) is 14.0. The molecule has 5 aromatic rings. The maximum absolute atomic E-state index is 12.5. The van der Waals surface area contributed by atoms with Gasteiger partial charge in [-0.15, -0.1) is 20.4 Å². The SMILES string of the molecule is Cn1c(=O)c2ccccc2n2c(Cn3nnc(-c4ccccc4)n3)nnc12. The first-order valence-electron chi connectivity index (χ1n) is 8.37. The second-order valence-corrected chi connectivity index (χ2v) is 6.14. The lowest BCUT2D eigenvalue weighted by Crippen LogP contribution is -2.20. The van der Waals surface area contributed by atoms with E-state index in [1.807, 2.05) is 52.9 Å². The van der Waals surface area contributed by atoms with Crippen LogP contribution in [0.1, 0.15) is 5.82 Å². The summed E-state index contributed by atoms with van der Waals surface area (Å²) in [6.45, 7) is 0.281. The van der Waals surface area contributed by atoms with Crippen LogP contribution in [0.2, 0.25) is 0 Å². The Bertz CT molecular complexity index is 1330. The molecule has 9 nitrogen and oxygen atoms in total. The Morgan fingerprint density at radius 1 is 0.926 bits per heavy atom. The molecule has 0 saturated heterocycles. The van der Waals surface area contributed by atoms with Crippen molar-refractivity contribution >= 4 is 16.7 Å². The fourth-order valence-corrected chi connectivity index (χ4v) is 3.13. The Hall–Kier alpha value is -3.88. The molecule has 0 bridgehead atoms. The van der Waals surface area contributed by atoms with Gasteiger partial charge in [0, 0.05) is 12.6 Å². The second-order valence-electron chi connectivity index (χ2n) is 6.14. The zero-order valence-corrected chi connectivity index (χ0v) is 14.4. The number of para-hydroxylation sites is 1. The maximum atomic E-state index is 12.5. The summed E-state index contributed by atoms with van der Waals surface area (Å²) >= 11 is 0. The van der Waals surface area contributed by atoms with Gasteiger partial charge in [-0.05, 0) is 17.3 Å². The average Bonchev–Trinajstić information content (AvgIpc) is 3.35. The van der Waals surface area contributed by atoms with Gasteiger partial charge in [-0.1, -0.05) is 42.5 Å². The number of aromatic nitrogens is 8. The van der Waals surface area contributed by atoms with Gasteiger partial charge in [0.15, 0.2) is 5.82 Å². The molecule has 5 rings (SSSR count). The van der Waals surface area contributed by atoms with Crippen molar-refractivity contribution in [3.63, 3.8) is 0 Å². The van der Waals surface area contributed by atoms with Gasteiger partial charge < -0.3 is 0 Å². The van der Waals surface area contributed by atoms with E-state index in [1.165, 1.54) is 9.36 Å². The van der Waals surface area contributed by atoms with E-state index in [1.54, 1.807) is 13.1 Å². The molecule has 2 aromatic carbocycles. The summed E-state index contributed by atoms with van der Waals surface area (Å²) in [5.74, 6) is 1.63. The highest BCUT2D eigenvalue weighted by Gasteiger charge is 2.16. The van der Waals surface area contributed by atoms with Crippen LogP contribution in [0, 0.1) is 0 Å². The van der Waals surface area contributed by atoms with Crippen LogP contribution in [0.25, 0.3) is 28.1 Å². The molecule has 0 amide bonds. The lowest BCUT2D eigenvalue weighted by molar-refractivity contribution is 0.552. The van der Waals surface area contributed by atoms with E-state index in [0.29, 0.717) is 22.8 Å². The largest absolute Gasteiger partial charge is 0.279 e. The van der Waals surface area contributed by atoms with E-state index in [4.69, 9.17) is 0 Å². The minimum Gasteiger partial charge on any atom is -0.279 e. The van der Waals surface area contributed by atoms with E-state index >= 15 is 0 Å². The molecule has 0 saturated carbocycles. The smallest absolute Gasteiger partial charge is 0.262 e. The van der Waals surface area contributed by atoms with Crippen LogP contribution in [-0.4, -0.2) is 39.4 Å². The lowest BCUT2D eigenvalue weighted by Gasteiger charge is -2.07. The number of benzene rings is 2. The molecule has 0 atom stereocenters. The van der Waals surface area contributed by atoms with Crippen molar-refractivity contribution in [1.82, 2.24) is 39.4 Å². The minimum absolute atomic E-state index is 0.109. The van der Waals surface area contributed by atoms with Crippen molar-refractivity contribution in [1.29, 1.82) is 0 Å². The fraction of sp³-hybridized carbons (Fsp3) is 0.111. The average molecular weight is 358 g/mol. The molecule has 3 aromatic heterocycles. The van der Waals surface area contributed by atoms with Crippen LogP contribution in [0.15, 0.2) is 59.4 Å². The van der Waals surface area contributed by atoms with Crippen LogP contribution in [-0.2, 0) is 13.6 Å². The molecule has 0 aliphatic rings. The predicted octanol–water partition coefficient (Wildman–Crippen LogP) is 1.28. The van der Waals surface area contributed by atoms with E-state index in [-0.39, 0.29) is 12.1 Å². The van der Waals surface area contributed by atoms with Crippen molar-refractivity contribution in [2.75, 3.05) is 0 Å². The number of fused-ring (bicyclic) bond motifs is 3. The molecular weight excluding hydrogens is 344 g/mol. The van der Waals surface area contributed by atoms with Crippen molar-refractivity contribution in [2.24, 2.45) is 7.05 Å². The zero-order chi connectivity index (χ0) is 18.4. The lowest BCUT2D eigenvalue weighted by atomic mass is 10.2. The highest BCUT2D eigenvalue weighted by Crippen LogP contribution is 2.15. The van der Waals surface area contributed by atoms with E-state index in [9.17, 15) is 4.79 Å². The number of rotatable bonds is 3. The summed E-state index contributed by atoms with van der Waals surface area (Å²) in [6, 6.07) is 17.0. The normalized spacial score (nSPS) is 11.4. The molecule has 0 fully saturated rings. The van der Waals surface area contributed by atoms with E-state index in [2.05, 4.69) is 25.6 Å². The van der Waals surface area contributed by atoms with Gasteiger partial charge >= 0.3 is 0 Å². The third kappa shape index (κ3) is 2.40. The molecule has 0 spiro atoms. The van der Waals surface area contributed by atoms with Crippen LogP contribution >= 0.6 is 0 Å². The topological polar surface area (TPSA) is 95.8 Å². The van der Waals surface area contributed by atoms with Gasteiger partial charge in [-0.2, -0.15) is 4.80 Å². The van der Waals surface area contributed by atoms with Crippen molar-refractivity contribution < 1.29 is 0 Å².